The molecule has 0 aromatic carbocycles. The fourth-order valence-electron chi connectivity index (χ4n) is 2.24. The minimum Gasteiger partial charge on any atom is -0.352 e. The third-order valence-electron chi connectivity index (χ3n) is 3.89. The molecule has 0 spiro atoms. The van der Waals surface area contributed by atoms with Crippen molar-refractivity contribution < 1.29 is 8.42 Å². The summed E-state index contributed by atoms with van der Waals surface area (Å²) in [7, 11) is -1.48. The molecular weight excluding hydrogens is 264 g/mol. The molecule has 0 N–H and O–H groups in total. The third kappa shape index (κ3) is 2.57. The Morgan fingerprint density at radius 1 is 1.26 bits per heavy atom. The SMILES string of the molecule is CN(C1CN(c2ccc(C3CC3)nn2)C1)S(C)(=O)=O. The lowest BCUT2D eigenvalue weighted by Crippen LogP contribution is -2.59. The van der Waals surface area contributed by atoms with Crippen molar-refractivity contribution in [3.05, 3.63) is 17.8 Å². The summed E-state index contributed by atoms with van der Waals surface area (Å²) in [4.78, 5) is 2.05. The second-order valence-electron chi connectivity index (χ2n) is 5.43. The molecule has 1 aromatic rings. The van der Waals surface area contributed by atoms with Crippen LogP contribution in [0.2, 0.25) is 0 Å². The highest BCUT2D eigenvalue weighted by Crippen LogP contribution is 2.38. The normalized spacial score (nSPS) is 20.7. The van der Waals surface area contributed by atoms with Crippen LogP contribution in [-0.4, -0.2) is 55.4 Å². The van der Waals surface area contributed by atoms with Crippen LogP contribution in [0.4, 0.5) is 5.82 Å². The van der Waals surface area contributed by atoms with Gasteiger partial charge in [0.1, 0.15) is 0 Å². The molecule has 0 bridgehead atoms. The van der Waals surface area contributed by atoms with Crippen molar-refractivity contribution in [2.24, 2.45) is 0 Å². The number of aromatic nitrogens is 2. The second kappa shape index (κ2) is 4.42. The Labute approximate surface area is 113 Å². The molecule has 2 aliphatic rings. The Balaban J connectivity index is 1.61. The number of hydrogen-bond donors (Lipinski definition) is 0. The molecule has 6 nitrogen and oxygen atoms in total. The summed E-state index contributed by atoms with van der Waals surface area (Å²) in [6.45, 7) is 1.36. The molecule has 0 unspecified atom stereocenters. The first-order valence-corrected chi connectivity index (χ1v) is 8.31. The number of sulfonamides is 1. The molecule has 104 valence electrons. The van der Waals surface area contributed by atoms with Gasteiger partial charge in [-0.1, -0.05) is 0 Å². The average molecular weight is 282 g/mol. The maximum Gasteiger partial charge on any atom is 0.211 e. The predicted octanol–water partition coefficient (Wildman–Crippen LogP) is 0.434. The minimum atomic E-state index is -3.11. The average Bonchev–Trinajstić information content (AvgIpc) is 3.10. The van der Waals surface area contributed by atoms with Crippen LogP contribution in [-0.2, 0) is 10.0 Å². The van der Waals surface area contributed by atoms with Gasteiger partial charge in [0.05, 0.1) is 18.0 Å². The van der Waals surface area contributed by atoms with E-state index in [1.165, 1.54) is 23.4 Å². The summed E-state index contributed by atoms with van der Waals surface area (Å²) in [5.41, 5.74) is 1.08. The van der Waals surface area contributed by atoms with Gasteiger partial charge < -0.3 is 4.90 Å². The molecule has 2 heterocycles. The van der Waals surface area contributed by atoms with Crippen molar-refractivity contribution in [3.8, 4) is 0 Å². The number of rotatable bonds is 4. The highest BCUT2D eigenvalue weighted by molar-refractivity contribution is 7.88. The molecule has 1 aliphatic carbocycles. The first-order valence-electron chi connectivity index (χ1n) is 6.47. The zero-order valence-electron chi connectivity index (χ0n) is 11.2. The molecule has 7 heteroatoms. The van der Waals surface area contributed by atoms with E-state index in [1.807, 2.05) is 12.1 Å². The van der Waals surface area contributed by atoms with E-state index in [9.17, 15) is 8.42 Å². The molecule has 1 aromatic heterocycles. The molecule has 0 amide bonds. The van der Waals surface area contributed by atoms with Crippen LogP contribution in [0.25, 0.3) is 0 Å². The number of nitrogens with zero attached hydrogens (tertiary/aromatic N) is 4. The lowest BCUT2D eigenvalue weighted by molar-refractivity contribution is 0.311. The van der Waals surface area contributed by atoms with Gasteiger partial charge in [0.15, 0.2) is 5.82 Å². The first-order chi connectivity index (χ1) is 8.95. The highest BCUT2D eigenvalue weighted by Gasteiger charge is 2.35. The molecule has 0 atom stereocenters. The smallest absolute Gasteiger partial charge is 0.211 e. The summed E-state index contributed by atoms with van der Waals surface area (Å²) in [5, 5.41) is 8.46. The zero-order chi connectivity index (χ0) is 13.6. The van der Waals surface area contributed by atoms with Crippen LogP contribution in [0.15, 0.2) is 12.1 Å². The van der Waals surface area contributed by atoms with Gasteiger partial charge in [-0.3, -0.25) is 0 Å². The molecule has 2 fully saturated rings. The Morgan fingerprint density at radius 3 is 2.42 bits per heavy atom. The maximum absolute atomic E-state index is 11.4. The van der Waals surface area contributed by atoms with Gasteiger partial charge in [0.2, 0.25) is 10.0 Å². The molecule has 1 aliphatic heterocycles. The fraction of sp³-hybridized carbons (Fsp3) is 0.667. The van der Waals surface area contributed by atoms with Crippen LogP contribution in [0, 0.1) is 0 Å². The van der Waals surface area contributed by atoms with E-state index >= 15 is 0 Å². The van der Waals surface area contributed by atoms with Crippen LogP contribution in [0.3, 0.4) is 0 Å². The van der Waals surface area contributed by atoms with Gasteiger partial charge in [-0.15, -0.1) is 5.10 Å². The topological polar surface area (TPSA) is 66.4 Å². The molecule has 0 radical (unpaired) electrons. The van der Waals surface area contributed by atoms with E-state index in [0.29, 0.717) is 19.0 Å². The summed E-state index contributed by atoms with van der Waals surface area (Å²) in [6, 6.07) is 4.06. The Kier molecular flexibility index (Phi) is 2.98. The third-order valence-corrected chi connectivity index (χ3v) is 5.23. The van der Waals surface area contributed by atoms with E-state index in [4.69, 9.17) is 0 Å². The zero-order valence-corrected chi connectivity index (χ0v) is 12.0. The Hall–Kier alpha value is -1.21. The quantitative estimate of drug-likeness (QED) is 0.801. The first kappa shape index (κ1) is 12.8. The summed E-state index contributed by atoms with van der Waals surface area (Å²) < 4.78 is 24.3. The van der Waals surface area contributed by atoms with Gasteiger partial charge in [0, 0.05) is 26.1 Å². The van der Waals surface area contributed by atoms with Crippen LogP contribution < -0.4 is 4.90 Å². The Morgan fingerprint density at radius 2 is 1.95 bits per heavy atom. The van der Waals surface area contributed by atoms with Crippen LogP contribution in [0.5, 0.6) is 0 Å². The standard InChI is InChI=1S/C12H18N4O2S/c1-15(19(2,17)18)10-7-16(8-10)12-6-5-11(13-14-12)9-3-4-9/h5-6,9-10H,3-4,7-8H2,1-2H3. The fourth-order valence-corrected chi connectivity index (χ4v) is 2.92. The van der Waals surface area contributed by atoms with Crippen molar-refractivity contribution in [3.63, 3.8) is 0 Å². The lowest BCUT2D eigenvalue weighted by Gasteiger charge is -2.43. The number of likely N-dealkylation sites (N-methyl/N-ethyl adjacent to an activating group) is 1. The van der Waals surface area contributed by atoms with E-state index in [0.717, 1.165) is 11.5 Å². The van der Waals surface area contributed by atoms with E-state index < -0.39 is 10.0 Å². The lowest BCUT2D eigenvalue weighted by atomic mass is 10.1. The van der Waals surface area contributed by atoms with Crippen molar-refractivity contribution in [2.75, 3.05) is 31.3 Å². The van der Waals surface area contributed by atoms with E-state index in [-0.39, 0.29) is 6.04 Å². The summed E-state index contributed by atoms with van der Waals surface area (Å²) >= 11 is 0. The maximum atomic E-state index is 11.4. The highest BCUT2D eigenvalue weighted by atomic mass is 32.2. The van der Waals surface area contributed by atoms with Crippen molar-refractivity contribution in [1.29, 1.82) is 0 Å². The predicted molar refractivity (Wildman–Crippen MR) is 72.6 cm³/mol. The van der Waals surface area contributed by atoms with E-state index in [1.54, 1.807) is 7.05 Å². The molecule has 1 saturated carbocycles. The van der Waals surface area contributed by atoms with Gasteiger partial charge in [0.25, 0.3) is 0 Å². The van der Waals surface area contributed by atoms with Crippen molar-refractivity contribution in [1.82, 2.24) is 14.5 Å². The van der Waals surface area contributed by atoms with Gasteiger partial charge >= 0.3 is 0 Å². The largest absolute Gasteiger partial charge is 0.352 e. The molecule has 19 heavy (non-hydrogen) atoms. The van der Waals surface area contributed by atoms with Gasteiger partial charge in [-0.25, -0.2) is 8.42 Å². The second-order valence-corrected chi connectivity index (χ2v) is 7.47. The minimum absolute atomic E-state index is 0.0416. The van der Waals surface area contributed by atoms with Crippen molar-refractivity contribution >= 4 is 15.8 Å². The number of anilines is 1. The molecular formula is C12H18N4O2S. The van der Waals surface area contributed by atoms with E-state index in [2.05, 4.69) is 15.1 Å². The van der Waals surface area contributed by atoms with Crippen LogP contribution in [0.1, 0.15) is 24.5 Å². The van der Waals surface area contributed by atoms with Crippen LogP contribution >= 0.6 is 0 Å². The summed E-state index contributed by atoms with van der Waals surface area (Å²) in [6.07, 6.45) is 3.68. The van der Waals surface area contributed by atoms with Crippen molar-refractivity contribution in [2.45, 2.75) is 24.8 Å². The molecule has 3 rings (SSSR count). The Bertz CT molecular complexity index is 562. The van der Waals surface area contributed by atoms with Gasteiger partial charge in [-0.2, -0.15) is 9.40 Å². The summed E-state index contributed by atoms with van der Waals surface area (Å²) in [5.74, 6) is 1.45. The monoisotopic (exact) mass is 282 g/mol. The molecule has 1 saturated heterocycles. The van der Waals surface area contributed by atoms with Gasteiger partial charge in [-0.05, 0) is 25.0 Å². The number of hydrogen-bond acceptors (Lipinski definition) is 5.